The summed E-state index contributed by atoms with van der Waals surface area (Å²) < 4.78 is 37.4. The number of ether oxygens (including phenoxy) is 2. The van der Waals surface area contributed by atoms with Crippen molar-refractivity contribution in [2.45, 2.75) is 44.7 Å². The summed E-state index contributed by atoms with van der Waals surface area (Å²) in [6, 6.07) is 2.71. The van der Waals surface area contributed by atoms with E-state index in [1.165, 1.54) is 19.2 Å². The molecule has 146 valence electrons. The van der Waals surface area contributed by atoms with Crippen molar-refractivity contribution >= 4 is 22.0 Å². The number of hydrogen-bond donors (Lipinski definition) is 2. The summed E-state index contributed by atoms with van der Waals surface area (Å²) >= 11 is 0. The number of sulfonamides is 1. The van der Waals surface area contributed by atoms with Gasteiger partial charge in [0, 0.05) is 7.11 Å². The highest BCUT2D eigenvalue weighted by molar-refractivity contribution is 7.89. The van der Waals surface area contributed by atoms with Gasteiger partial charge in [0.2, 0.25) is 10.0 Å². The van der Waals surface area contributed by atoms with E-state index < -0.39 is 28.0 Å². The number of hydrogen-bond acceptors (Lipinski definition) is 6. The molecule has 0 aromatic heterocycles. The highest BCUT2D eigenvalue weighted by Crippen LogP contribution is 2.18. The molecule has 1 atom stereocenters. The Balaban J connectivity index is 3.28. The van der Waals surface area contributed by atoms with Gasteiger partial charge >= 0.3 is 11.9 Å². The molecule has 1 rings (SSSR count). The minimum Gasteiger partial charge on any atom is -0.480 e. The quantitative estimate of drug-likeness (QED) is 0.587. The molecule has 9 heteroatoms. The summed E-state index contributed by atoms with van der Waals surface area (Å²) in [7, 11) is -2.72. The molecule has 0 aliphatic carbocycles. The maximum atomic E-state index is 12.7. The Kier molecular flexibility index (Phi) is 8.19. The minimum absolute atomic E-state index is 0.0197. The fraction of sp³-hybridized carbons (Fsp3) is 0.529. The third-order valence-corrected chi connectivity index (χ3v) is 4.85. The summed E-state index contributed by atoms with van der Waals surface area (Å²) in [5.41, 5.74) is 0.506. The van der Waals surface area contributed by atoms with Crippen LogP contribution in [0.3, 0.4) is 0 Å². The van der Waals surface area contributed by atoms with Crippen molar-refractivity contribution in [3.8, 4) is 0 Å². The minimum atomic E-state index is -4.16. The molecular weight excluding hydrogens is 362 g/mol. The monoisotopic (exact) mass is 387 g/mol. The van der Waals surface area contributed by atoms with Gasteiger partial charge in [0.05, 0.1) is 23.7 Å². The van der Waals surface area contributed by atoms with E-state index in [0.29, 0.717) is 5.56 Å². The fourth-order valence-electron chi connectivity index (χ4n) is 2.32. The molecule has 0 fully saturated rings. The third-order valence-electron chi connectivity index (χ3n) is 3.40. The molecule has 0 amide bonds. The van der Waals surface area contributed by atoms with Crippen molar-refractivity contribution in [3.63, 3.8) is 0 Å². The summed E-state index contributed by atoms with van der Waals surface area (Å²) in [5.74, 6) is -1.95. The van der Waals surface area contributed by atoms with Crippen LogP contribution in [-0.4, -0.2) is 45.2 Å². The number of carboxylic acid groups (broad SMARTS) is 1. The second-order valence-corrected chi connectivity index (χ2v) is 7.87. The lowest BCUT2D eigenvalue weighted by atomic mass is 10.1. The van der Waals surface area contributed by atoms with Gasteiger partial charge in [-0.3, -0.25) is 4.79 Å². The first-order valence-electron chi connectivity index (χ1n) is 8.15. The van der Waals surface area contributed by atoms with Gasteiger partial charge in [-0.25, -0.2) is 13.2 Å². The molecule has 26 heavy (non-hydrogen) atoms. The van der Waals surface area contributed by atoms with Crippen LogP contribution in [0.2, 0.25) is 0 Å². The molecule has 0 spiro atoms. The molecule has 1 aromatic carbocycles. The van der Waals surface area contributed by atoms with E-state index in [9.17, 15) is 23.1 Å². The van der Waals surface area contributed by atoms with Crippen molar-refractivity contribution < 1.29 is 32.6 Å². The van der Waals surface area contributed by atoms with Gasteiger partial charge in [-0.15, -0.1) is 0 Å². The summed E-state index contributed by atoms with van der Waals surface area (Å²) in [4.78, 5) is 23.1. The van der Waals surface area contributed by atoms with Crippen LogP contribution in [0, 0.1) is 5.92 Å². The zero-order chi connectivity index (χ0) is 19.9. The van der Waals surface area contributed by atoms with Crippen LogP contribution in [0.1, 0.15) is 43.1 Å². The molecule has 0 saturated carbocycles. The Hall–Kier alpha value is -1.97. The zero-order valence-corrected chi connectivity index (χ0v) is 16.1. The van der Waals surface area contributed by atoms with Gasteiger partial charge < -0.3 is 14.6 Å². The molecule has 0 bridgehead atoms. The standard InChI is InChI=1S/C17H25NO7S/c1-5-25-17(21)13-7-12(10-24-4)8-14(9-13)26(22,23)18-15(16(19)20)6-11(2)3/h7-9,11,15,18H,5-6,10H2,1-4H3,(H,19,20)/t15-/m0/s1. The number of carboxylic acids is 1. The maximum Gasteiger partial charge on any atom is 0.338 e. The largest absolute Gasteiger partial charge is 0.480 e. The van der Waals surface area contributed by atoms with E-state index in [2.05, 4.69) is 4.72 Å². The molecule has 0 aliphatic rings. The van der Waals surface area contributed by atoms with Crippen LogP contribution in [0.4, 0.5) is 0 Å². The first kappa shape index (κ1) is 22.1. The number of rotatable bonds is 10. The van der Waals surface area contributed by atoms with Crippen LogP contribution in [0.5, 0.6) is 0 Å². The number of esters is 1. The molecule has 0 unspecified atom stereocenters. The SMILES string of the molecule is CCOC(=O)c1cc(COC)cc(S(=O)(=O)N[C@@H](CC(C)C)C(=O)O)c1. The first-order chi connectivity index (χ1) is 12.1. The Morgan fingerprint density at radius 1 is 1.23 bits per heavy atom. The van der Waals surface area contributed by atoms with Crippen molar-refractivity contribution in [2.75, 3.05) is 13.7 Å². The molecule has 0 heterocycles. The highest BCUT2D eigenvalue weighted by Gasteiger charge is 2.27. The molecule has 8 nitrogen and oxygen atoms in total. The molecule has 0 saturated heterocycles. The normalized spacial score (nSPS) is 12.8. The first-order valence-corrected chi connectivity index (χ1v) is 9.64. The lowest BCUT2D eigenvalue weighted by molar-refractivity contribution is -0.139. The van der Waals surface area contributed by atoms with E-state index in [4.69, 9.17) is 9.47 Å². The van der Waals surface area contributed by atoms with Gasteiger partial charge in [0.25, 0.3) is 0 Å². The van der Waals surface area contributed by atoms with Crippen LogP contribution in [0.15, 0.2) is 23.1 Å². The summed E-state index contributed by atoms with van der Waals surface area (Å²) in [6.45, 7) is 5.46. The topological polar surface area (TPSA) is 119 Å². The summed E-state index contributed by atoms with van der Waals surface area (Å²) in [5, 5.41) is 9.26. The average Bonchev–Trinajstić information content (AvgIpc) is 2.53. The van der Waals surface area contributed by atoms with E-state index in [0.717, 1.165) is 6.07 Å². The Morgan fingerprint density at radius 3 is 2.38 bits per heavy atom. The maximum absolute atomic E-state index is 12.7. The molecule has 1 aromatic rings. The Bertz CT molecular complexity index is 743. The smallest absolute Gasteiger partial charge is 0.338 e. The van der Waals surface area contributed by atoms with Gasteiger partial charge in [0.1, 0.15) is 6.04 Å². The van der Waals surface area contributed by atoms with E-state index in [-0.39, 0.29) is 36.0 Å². The van der Waals surface area contributed by atoms with Gasteiger partial charge in [-0.2, -0.15) is 4.72 Å². The zero-order valence-electron chi connectivity index (χ0n) is 15.3. The summed E-state index contributed by atoms with van der Waals surface area (Å²) in [6.07, 6.45) is 0.136. The van der Waals surface area contributed by atoms with E-state index >= 15 is 0 Å². The molecule has 0 radical (unpaired) electrons. The van der Waals surface area contributed by atoms with Gasteiger partial charge in [-0.1, -0.05) is 13.8 Å². The van der Waals surface area contributed by atoms with Crippen LogP contribution >= 0.6 is 0 Å². The number of carbonyl (C=O) groups is 2. The van der Waals surface area contributed by atoms with Crippen molar-refractivity contribution in [3.05, 3.63) is 29.3 Å². The third kappa shape index (κ3) is 6.40. The van der Waals surface area contributed by atoms with Crippen LogP contribution < -0.4 is 4.72 Å². The molecule has 0 aliphatic heterocycles. The number of aliphatic carboxylic acids is 1. The number of carbonyl (C=O) groups excluding carboxylic acids is 1. The van der Waals surface area contributed by atoms with Gasteiger partial charge in [0.15, 0.2) is 0 Å². The van der Waals surface area contributed by atoms with Crippen LogP contribution in [0.25, 0.3) is 0 Å². The molecular formula is C17H25NO7S. The lowest BCUT2D eigenvalue weighted by Crippen LogP contribution is -2.41. The van der Waals surface area contributed by atoms with Crippen LogP contribution in [-0.2, 0) is 30.9 Å². The van der Waals surface area contributed by atoms with Crippen molar-refractivity contribution in [1.29, 1.82) is 0 Å². The number of benzene rings is 1. The molecule has 2 N–H and O–H groups in total. The number of nitrogens with one attached hydrogen (secondary N) is 1. The fourth-order valence-corrected chi connectivity index (χ4v) is 3.62. The van der Waals surface area contributed by atoms with Crippen molar-refractivity contribution in [2.24, 2.45) is 5.92 Å². The predicted molar refractivity (Wildman–Crippen MR) is 94.3 cm³/mol. The predicted octanol–water partition coefficient (Wildman–Crippen LogP) is 1.79. The average molecular weight is 387 g/mol. The second kappa shape index (κ2) is 9.65. The highest BCUT2D eigenvalue weighted by atomic mass is 32.2. The van der Waals surface area contributed by atoms with E-state index in [1.54, 1.807) is 20.8 Å². The Labute approximate surface area is 153 Å². The lowest BCUT2D eigenvalue weighted by Gasteiger charge is -2.17. The van der Waals surface area contributed by atoms with E-state index in [1.807, 2.05) is 0 Å². The second-order valence-electron chi connectivity index (χ2n) is 6.16. The Morgan fingerprint density at radius 2 is 1.88 bits per heavy atom. The van der Waals surface area contributed by atoms with Gasteiger partial charge in [-0.05, 0) is 43.0 Å². The van der Waals surface area contributed by atoms with Crippen molar-refractivity contribution in [1.82, 2.24) is 4.72 Å². The number of methoxy groups -OCH3 is 1.